The topological polar surface area (TPSA) is 46.2 Å². The van der Waals surface area contributed by atoms with Crippen LogP contribution in [-0.4, -0.2) is 39.0 Å². The molecular formula is C10H10Cl4O5. The first kappa shape index (κ1) is 15.5. The number of hydrogen-bond donors (Lipinski definition) is 0. The van der Waals surface area contributed by atoms with Gasteiger partial charge in [-0.3, -0.25) is 0 Å². The zero-order valence-corrected chi connectivity index (χ0v) is 12.6. The van der Waals surface area contributed by atoms with Gasteiger partial charge in [0.1, 0.15) is 22.2 Å². The quantitative estimate of drug-likeness (QED) is 0.765. The van der Waals surface area contributed by atoms with E-state index in [9.17, 15) is 0 Å². The van der Waals surface area contributed by atoms with Gasteiger partial charge >= 0.3 is 0 Å². The van der Waals surface area contributed by atoms with Gasteiger partial charge in [0.15, 0.2) is 11.5 Å². The second kappa shape index (κ2) is 7.22. The fraction of sp³-hybridized carbons (Fsp3) is 0.600. The summed E-state index contributed by atoms with van der Waals surface area (Å²) in [5.41, 5.74) is 0. The average Bonchev–Trinajstić information content (AvgIpc) is 2.39. The van der Waals surface area contributed by atoms with Gasteiger partial charge in [-0.05, 0) is 0 Å². The lowest BCUT2D eigenvalue weighted by molar-refractivity contribution is -0.268. The maximum Gasteiger partial charge on any atom is 0.222 e. The Morgan fingerprint density at radius 1 is 0.789 bits per heavy atom. The third kappa shape index (κ3) is 4.04. The fourth-order valence-corrected chi connectivity index (χ4v) is 2.08. The van der Waals surface area contributed by atoms with Gasteiger partial charge in [0.25, 0.3) is 0 Å². The van der Waals surface area contributed by atoms with E-state index in [2.05, 4.69) is 0 Å². The first-order chi connectivity index (χ1) is 9.09. The lowest BCUT2D eigenvalue weighted by Crippen LogP contribution is -2.38. The van der Waals surface area contributed by atoms with Crippen LogP contribution in [0.5, 0.6) is 0 Å². The van der Waals surface area contributed by atoms with Crippen LogP contribution in [0.4, 0.5) is 0 Å². The lowest BCUT2D eigenvalue weighted by atomic mass is 10.4. The highest BCUT2D eigenvalue weighted by atomic mass is 35.5. The second-order valence-corrected chi connectivity index (χ2v) is 5.39. The minimum absolute atomic E-state index is 0.0797. The predicted octanol–water partition coefficient (Wildman–Crippen LogP) is 3.04. The minimum atomic E-state index is -0.909. The van der Waals surface area contributed by atoms with E-state index in [1.165, 1.54) is 0 Å². The van der Waals surface area contributed by atoms with Gasteiger partial charge in [-0.15, -0.1) is 0 Å². The molecule has 2 saturated heterocycles. The highest BCUT2D eigenvalue weighted by Crippen LogP contribution is 2.30. The summed E-state index contributed by atoms with van der Waals surface area (Å²) in [6, 6.07) is 0. The van der Waals surface area contributed by atoms with Crippen LogP contribution in [0.15, 0.2) is 20.5 Å². The third-order valence-electron chi connectivity index (χ3n) is 2.27. The average molecular weight is 352 g/mol. The molecule has 9 heteroatoms. The molecule has 0 aromatic heterocycles. The summed E-state index contributed by atoms with van der Waals surface area (Å²) in [5.74, 6) is 0.350. The molecule has 0 aliphatic carbocycles. The summed E-state index contributed by atoms with van der Waals surface area (Å²) in [6.45, 7) is 1.32. The third-order valence-corrected chi connectivity index (χ3v) is 3.01. The van der Waals surface area contributed by atoms with Crippen LogP contribution in [-0.2, 0) is 23.7 Å². The zero-order valence-electron chi connectivity index (χ0n) is 9.54. The molecule has 0 radical (unpaired) electrons. The Kier molecular flexibility index (Phi) is 5.89. The van der Waals surface area contributed by atoms with E-state index in [4.69, 9.17) is 70.1 Å². The molecule has 2 fully saturated rings. The molecular weight excluding hydrogens is 342 g/mol. The number of halogens is 4. The van der Waals surface area contributed by atoms with Gasteiger partial charge in [0, 0.05) is 0 Å². The monoisotopic (exact) mass is 350 g/mol. The highest BCUT2D eigenvalue weighted by Gasteiger charge is 2.33. The van der Waals surface area contributed by atoms with Crippen LogP contribution in [0.1, 0.15) is 0 Å². The first-order valence-electron chi connectivity index (χ1n) is 5.34. The van der Waals surface area contributed by atoms with Gasteiger partial charge in [-0.25, -0.2) is 0 Å². The van der Waals surface area contributed by atoms with E-state index >= 15 is 0 Å². The Balaban J connectivity index is 2.10. The van der Waals surface area contributed by atoms with Crippen molar-refractivity contribution in [2.24, 2.45) is 0 Å². The Labute approximate surface area is 129 Å². The number of rotatable bonds is 2. The van der Waals surface area contributed by atoms with E-state index in [-0.39, 0.29) is 20.5 Å². The predicted molar refractivity (Wildman–Crippen MR) is 69.9 cm³/mol. The normalized spacial score (nSPS) is 27.6. The molecule has 2 aliphatic heterocycles. The van der Waals surface area contributed by atoms with E-state index in [0.29, 0.717) is 26.4 Å². The molecule has 0 bridgehead atoms. The molecule has 2 rings (SSSR count). The van der Waals surface area contributed by atoms with Crippen molar-refractivity contribution < 1.29 is 23.7 Å². The minimum Gasteiger partial charge on any atom is -0.488 e. The maximum absolute atomic E-state index is 5.69. The molecule has 0 N–H and O–H groups in total. The highest BCUT2D eigenvalue weighted by molar-refractivity contribution is 6.56. The Morgan fingerprint density at radius 2 is 1.21 bits per heavy atom. The molecule has 0 spiro atoms. The van der Waals surface area contributed by atoms with Crippen molar-refractivity contribution >= 4 is 46.4 Å². The van der Waals surface area contributed by atoms with E-state index in [1.807, 2.05) is 0 Å². The molecule has 0 aromatic rings. The molecule has 2 heterocycles. The smallest absolute Gasteiger partial charge is 0.222 e. The Hall–Kier alpha value is 0.120. The van der Waals surface area contributed by atoms with Crippen molar-refractivity contribution in [1.82, 2.24) is 0 Å². The molecule has 2 atom stereocenters. The van der Waals surface area contributed by atoms with Gasteiger partial charge in [0.2, 0.25) is 12.6 Å². The molecule has 0 saturated carbocycles. The molecule has 2 aliphatic rings. The summed E-state index contributed by atoms with van der Waals surface area (Å²) in [5, 5.41) is 0. The summed E-state index contributed by atoms with van der Waals surface area (Å²) >= 11 is 22.8. The molecule has 5 nitrogen and oxygen atoms in total. The molecule has 0 unspecified atom stereocenters. The van der Waals surface area contributed by atoms with Crippen molar-refractivity contribution in [3.8, 4) is 0 Å². The number of hydrogen-bond acceptors (Lipinski definition) is 5. The fourth-order valence-electron chi connectivity index (χ4n) is 1.50. The summed E-state index contributed by atoms with van der Waals surface area (Å²) in [4.78, 5) is 0. The first-order valence-corrected chi connectivity index (χ1v) is 6.85. The molecule has 108 valence electrons. The zero-order chi connectivity index (χ0) is 13.8. The lowest BCUT2D eigenvalue weighted by Gasteiger charge is -2.32. The van der Waals surface area contributed by atoms with Gasteiger partial charge in [-0.1, -0.05) is 46.4 Å². The second-order valence-electron chi connectivity index (χ2n) is 3.49. The van der Waals surface area contributed by atoms with Crippen LogP contribution >= 0.6 is 46.4 Å². The standard InChI is InChI=1S/C10H10Cl4O5/c11-7(12)5-9(17-3-1-15-5)19-10-6(8(13)14)16-2-4-18-10/h9-10H,1-4H2/t9-,10-/m1/s1. The largest absolute Gasteiger partial charge is 0.488 e. The SMILES string of the molecule is ClC(Cl)=C1OCCO[C@@H]1O[C@H]1OCCOC1=C(Cl)Cl. The van der Waals surface area contributed by atoms with Crippen molar-refractivity contribution in [3.63, 3.8) is 0 Å². The van der Waals surface area contributed by atoms with Gasteiger partial charge < -0.3 is 23.7 Å². The van der Waals surface area contributed by atoms with Crippen LogP contribution < -0.4 is 0 Å². The maximum atomic E-state index is 5.69. The van der Waals surface area contributed by atoms with Crippen LogP contribution in [0, 0.1) is 0 Å². The van der Waals surface area contributed by atoms with Crippen molar-refractivity contribution in [2.45, 2.75) is 12.6 Å². The van der Waals surface area contributed by atoms with Gasteiger partial charge in [-0.2, -0.15) is 0 Å². The van der Waals surface area contributed by atoms with Crippen LogP contribution in [0.2, 0.25) is 0 Å². The summed E-state index contributed by atoms with van der Waals surface area (Å²) in [6.07, 6.45) is -1.82. The van der Waals surface area contributed by atoms with E-state index in [0.717, 1.165) is 0 Å². The van der Waals surface area contributed by atoms with Crippen LogP contribution in [0.25, 0.3) is 0 Å². The van der Waals surface area contributed by atoms with Crippen molar-refractivity contribution in [1.29, 1.82) is 0 Å². The molecule has 0 amide bonds. The molecule has 0 aromatic carbocycles. The molecule has 19 heavy (non-hydrogen) atoms. The van der Waals surface area contributed by atoms with Crippen LogP contribution in [0.3, 0.4) is 0 Å². The van der Waals surface area contributed by atoms with E-state index < -0.39 is 12.6 Å². The van der Waals surface area contributed by atoms with Crippen molar-refractivity contribution in [2.75, 3.05) is 26.4 Å². The Bertz CT molecular complexity index is 353. The summed E-state index contributed by atoms with van der Waals surface area (Å²) < 4.78 is 26.7. The van der Waals surface area contributed by atoms with Crippen molar-refractivity contribution in [3.05, 3.63) is 20.5 Å². The summed E-state index contributed by atoms with van der Waals surface area (Å²) in [7, 11) is 0. The Morgan fingerprint density at radius 3 is 1.58 bits per heavy atom. The van der Waals surface area contributed by atoms with Gasteiger partial charge in [0.05, 0.1) is 13.2 Å². The number of ether oxygens (including phenoxy) is 5. The van der Waals surface area contributed by atoms with E-state index in [1.54, 1.807) is 0 Å².